The molecule has 250 valence electrons. The van der Waals surface area contributed by atoms with E-state index in [1.165, 1.54) is 11.1 Å². The van der Waals surface area contributed by atoms with Gasteiger partial charge in [-0.1, -0.05) is 109 Å². The Labute approximate surface area is 305 Å². The first kappa shape index (κ1) is 30.6. The summed E-state index contributed by atoms with van der Waals surface area (Å²) in [6, 6.07) is 61.5. The fraction of sp³-hybridized carbons (Fsp3) is 0. The Balaban J connectivity index is 1.16. The summed E-state index contributed by atoms with van der Waals surface area (Å²) >= 11 is 0. The lowest BCUT2D eigenvalue weighted by molar-refractivity contribution is 0.568. The van der Waals surface area contributed by atoms with Gasteiger partial charge < -0.3 is 13.9 Å². The molecule has 0 atom stereocenters. The van der Waals surface area contributed by atoms with Crippen molar-refractivity contribution < 1.29 is 4.42 Å². The molecule has 3 heterocycles. The van der Waals surface area contributed by atoms with Gasteiger partial charge in [0.1, 0.15) is 0 Å². The van der Waals surface area contributed by atoms with Gasteiger partial charge in [0.25, 0.3) is 0 Å². The molecule has 0 aliphatic rings. The zero-order valence-electron chi connectivity index (χ0n) is 28.6. The molecule has 0 aliphatic heterocycles. The Kier molecular flexibility index (Phi) is 7.22. The van der Waals surface area contributed by atoms with E-state index < -0.39 is 0 Å². The fourth-order valence-corrected chi connectivity index (χ4v) is 7.61. The third-order valence-corrected chi connectivity index (χ3v) is 10.1. The second-order valence-electron chi connectivity index (χ2n) is 13.2. The maximum absolute atomic E-state index is 13.2. The Morgan fingerprint density at radius 1 is 0.453 bits per heavy atom. The second-order valence-corrected chi connectivity index (χ2v) is 13.2. The SMILES string of the molecule is O=c1oc2cnccc2c2cc3c(cc12)c1ccccc1n3-c1cccc(N(c2ccc(-c3ccccc3)cc2)c2ccc(-c3ccccc3)cc2)c1. The van der Waals surface area contributed by atoms with Crippen LogP contribution in [0.15, 0.2) is 198 Å². The molecule has 0 spiro atoms. The van der Waals surface area contributed by atoms with E-state index in [4.69, 9.17) is 4.42 Å². The zero-order chi connectivity index (χ0) is 35.3. The first-order valence-electron chi connectivity index (χ1n) is 17.6. The minimum absolute atomic E-state index is 0.367. The topological polar surface area (TPSA) is 51.3 Å². The monoisotopic (exact) mass is 681 g/mol. The van der Waals surface area contributed by atoms with Crippen molar-refractivity contribution in [3.8, 4) is 27.9 Å². The number of hydrogen-bond acceptors (Lipinski definition) is 4. The Morgan fingerprint density at radius 2 is 1.08 bits per heavy atom. The summed E-state index contributed by atoms with van der Waals surface area (Å²) in [7, 11) is 0. The molecule has 53 heavy (non-hydrogen) atoms. The van der Waals surface area contributed by atoms with Crippen molar-refractivity contribution in [3.05, 3.63) is 199 Å². The van der Waals surface area contributed by atoms with Crippen LogP contribution in [0.25, 0.3) is 71.5 Å². The number of rotatable bonds is 6. The van der Waals surface area contributed by atoms with Crippen LogP contribution in [-0.4, -0.2) is 9.55 Å². The summed E-state index contributed by atoms with van der Waals surface area (Å²) in [5, 5.41) is 4.30. The quantitative estimate of drug-likeness (QED) is 0.164. The molecule has 0 saturated carbocycles. The Hall–Kier alpha value is -7.24. The number of pyridine rings is 1. The number of nitrogens with zero attached hydrogens (tertiary/aromatic N) is 3. The molecule has 0 N–H and O–H groups in total. The van der Waals surface area contributed by atoms with Crippen molar-refractivity contribution in [2.24, 2.45) is 0 Å². The van der Waals surface area contributed by atoms with Gasteiger partial charge in [0.05, 0.1) is 22.6 Å². The molecule has 3 aromatic heterocycles. The number of anilines is 3. The lowest BCUT2D eigenvalue weighted by Gasteiger charge is -2.26. The first-order valence-corrected chi connectivity index (χ1v) is 17.6. The van der Waals surface area contributed by atoms with Gasteiger partial charge in [-0.2, -0.15) is 0 Å². The third kappa shape index (κ3) is 5.26. The summed E-state index contributed by atoms with van der Waals surface area (Å²) in [6.45, 7) is 0. The predicted molar refractivity (Wildman–Crippen MR) is 218 cm³/mol. The van der Waals surface area contributed by atoms with Crippen molar-refractivity contribution in [2.75, 3.05) is 4.90 Å². The van der Waals surface area contributed by atoms with E-state index in [1.807, 2.05) is 30.3 Å². The van der Waals surface area contributed by atoms with Crippen LogP contribution in [0.1, 0.15) is 0 Å². The van der Waals surface area contributed by atoms with Gasteiger partial charge in [0, 0.05) is 50.5 Å². The number of para-hydroxylation sites is 1. The summed E-state index contributed by atoms with van der Waals surface area (Å²) in [5.74, 6) is 0. The molecule has 7 aromatic carbocycles. The largest absolute Gasteiger partial charge is 0.421 e. The first-order chi connectivity index (χ1) is 26.2. The van der Waals surface area contributed by atoms with Gasteiger partial charge >= 0.3 is 5.63 Å². The van der Waals surface area contributed by atoms with Crippen molar-refractivity contribution in [1.29, 1.82) is 0 Å². The van der Waals surface area contributed by atoms with E-state index in [-0.39, 0.29) is 5.63 Å². The van der Waals surface area contributed by atoms with Gasteiger partial charge in [-0.3, -0.25) is 4.98 Å². The third-order valence-electron chi connectivity index (χ3n) is 10.1. The van der Waals surface area contributed by atoms with Gasteiger partial charge in [-0.25, -0.2) is 4.79 Å². The lowest BCUT2D eigenvalue weighted by Crippen LogP contribution is -2.10. The molecule has 0 bridgehead atoms. The average Bonchev–Trinajstić information content (AvgIpc) is 3.55. The predicted octanol–water partition coefficient (Wildman–Crippen LogP) is 12.2. The molecular weight excluding hydrogens is 651 g/mol. The molecule has 5 heteroatoms. The van der Waals surface area contributed by atoms with Crippen LogP contribution in [0.5, 0.6) is 0 Å². The number of benzene rings is 7. The molecule has 0 radical (unpaired) electrons. The van der Waals surface area contributed by atoms with E-state index in [0.29, 0.717) is 11.0 Å². The standard InChI is InChI=1S/C48H31N3O2/c52-48-44-29-43-40-16-7-8-17-45(40)51(46(43)30-42(44)41-26-27-49-31-47(41)53-48)39-15-9-14-38(28-39)50(36-22-18-34(19-23-36)32-10-3-1-4-11-32)37-24-20-35(21-25-37)33-12-5-2-6-13-33/h1-31H. The van der Waals surface area contributed by atoms with Crippen LogP contribution in [0.4, 0.5) is 17.1 Å². The minimum Gasteiger partial charge on any atom is -0.421 e. The molecule has 0 aliphatic carbocycles. The molecule has 0 fully saturated rings. The van der Waals surface area contributed by atoms with E-state index in [0.717, 1.165) is 66.5 Å². The smallest absolute Gasteiger partial charge is 0.344 e. The maximum atomic E-state index is 13.2. The van der Waals surface area contributed by atoms with Gasteiger partial charge in [0.15, 0.2) is 5.58 Å². The van der Waals surface area contributed by atoms with E-state index >= 15 is 0 Å². The van der Waals surface area contributed by atoms with Crippen LogP contribution in [0.3, 0.4) is 0 Å². The number of hydrogen-bond donors (Lipinski definition) is 0. The van der Waals surface area contributed by atoms with Crippen LogP contribution in [0.2, 0.25) is 0 Å². The van der Waals surface area contributed by atoms with Crippen molar-refractivity contribution in [2.45, 2.75) is 0 Å². The maximum Gasteiger partial charge on any atom is 0.344 e. The zero-order valence-corrected chi connectivity index (χ0v) is 28.6. The normalized spacial score (nSPS) is 11.5. The number of fused-ring (bicyclic) bond motifs is 6. The van der Waals surface area contributed by atoms with Crippen LogP contribution in [0, 0.1) is 0 Å². The lowest BCUT2D eigenvalue weighted by atomic mass is 10.0. The van der Waals surface area contributed by atoms with E-state index in [2.05, 4.69) is 160 Å². The Bertz CT molecular complexity index is 2920. The molecule has 0 amide bonds. The van der Waals surface area contributed by atoms with Gasteiger partial charge in [0.2, 0.25) is 0 Å². The fourth-order valence-electron chi connectivity index (χ4n) is 7.61. The van der Waals surface area contributed by atoms with Gasteiger partial charge in [-0.05, 0) is 89.0 Å². The highest BCUT2D eigenvalue weighted by Crippen LogP contribution is 2.40. The minimum atomic E-state index is -0.367. The van der Waals surface area contributed by atoms with E-state index in [1.54, 1.807) is 12.4 Å². The van der Waals surface area contributed by atoms with Crippen LogP contribution < -0.4 is 10.5 Å². The molecule has 10 aromatic rings. The molecular formula is C48H31N3O2. The van der Waals surface area contributed by atoms with Gasteiger partial charge in [-0.15, -0.1) is 0 Å². The van der Waals surface area contributed by atoms with Crippen LogP contribution >= 0.6 is 0 Å². The van der Waals surface area contributed by atoms with Crippen molar-refractivity contribution >= 4 is 60.6 Å². The molecule has 5 nitrogen and oxygen atoms in total. The highest BCUT2D eigenvalue weighted by molar-refractivity contribution is 6.17. The van der Waals surface area contributed by atoms with Crippen LogP contribution in [-0.2, 0) is 0 Å². The Morgan fingerprint density at radius 3 is 1.75 bits per heavy atom. The summed E-state index contributed by atoms with van der Waals surface area (Å²) < 4.78 is 7.98. The van der Waals surface area contributed by atoms with E-state index in [9.17, 15) is 4.79 Å². The van der Waals surface area contributed by atoms with Crippen molar-refractivity contribution in [1.82, 2.24) is 9.55 Å². The summed E-state index contributed by atoms with van der Waals surface area (Å²) in [4.78, 5) is 19.7. The second kappa shape index (κ2) is 12.5. The summed E-state index contributed by atoms with van der Waals surface area (Å²) in [5.41, 5.74) is 11.0. The summed E-state index contributed by atoms with van der Waals surface area (Å²) in [6.07, 6.45) is 3.34. The number of aromatic nitrogens is 2. The average molecular weight is 682 g/mol. The molecule has 0 unspecified atom stereocenters. The molecule has 0 saturated heterocycles. The van der Waals surface area contributed by atoms with Crippen molar-refractivity contribution in [3.63, 3.8) is 0 Å². The molecule has 10 rings (SSSR count). The highest BCUT2D eigenvalue weighted by Gasteiger charge is 2.19. The highest BCUT2D eigenvalue weighted by atomic mass is 16.4.